The summed E-state index contributed by atoms with van der Waals surface area (Å²) < 4.78 is 62.7. The number of ether oxygens (including phenoxy) is 1. The molecule has 6 heteroatoms. The van der Waals surface area contributed by atoms with Gasteiger partial charge in [0.1, 0.15) is 18.2 Å². The van der Waals surface area contributed by atoms with Gasteiger partial charge in [0.2, 0.25) is 0 Å². The monoisotopic (exact) mass is 559 g/mol. The van der Waals surface area contributed by atoms with Crippen molar-refractivity contribution in [1.82, 2.24) is 4.90 Å². The molecule has 4 aromatic carbocycles. The van der Waals surface area contributed by atoms with Crippen molar-refractivity contribution >= 4 is 12.2 Å². The fraction of sp³-hybridized carbons (Fsp3) is 0.257. The fourth-order valence-corrected chi connectivity index (χ4v) is 5.33. The lowest BCUT2D eigenvalue weighted by Crippen LogP contribution is -2.29. The molecule has 2 nitrogen and oxygen atoms in total. The predicted molar refractivity (Wildman–Crippen MR) is 157 cm³/mol. The zero-order valence-electron chi connectivity index (χ0n) is 23.1. The molecule has 0 aliphatic carbocycles. The van der Waals surface area contributed by atoms with Crippen molar-refractivity contribution in [3.63, 3.8) is 0 Å². The molecule has 212 valence electrons. The summed E-state index contributed by atoms with van der Waals surface area (Å²) in [5, 5.41) is 0. The second-order valence-corrected chi connectivity index (χ2v) is 10.5. The van der Waals surface area contributed by atoms with E-state index in [0.717, 1.165) is 60.2 Å². The lowest BCUT2D eigenvalue weighted by molar-refractivity contribution is -0.137. The molecule has 1 aliphatic rings. The van der Waals surface area contributed by atoms with E-state index < -0.39 is 11.7 Å². The molecule has 0 radical (unpaired) electrons. The van der Waals surface area contributed by atoms with Gasteiger partial charge in [-0.1, -0.05) is 79.2 Å². The molecule has 0 aromatic heterocycles. The average molecular weight is 560 g/mol. The van der Waals surface area contributed by atoms with Crippen LogP contribution in [0.25, 0.3) is 23.3 Å². The van der Waals surface area contributed by atoms with Crippen molar-refractivity contribution in [2.75, 3.05) is 13.1 Å². The summed E-state index contributed by atoms with van der Waals surface area (Å²) >= 11 is 0. The Hall–Kier alpha value is -3.90. The summed E-state index contributed by atoms with van der Waals surface area (Å²) in [6.07, 6.45) is 1.91. The number of hydrogen-bond donors (Lipinski definition) is 0. The Morgan fingerprint density at radius 3 is 2.22 bits per heavy atom. The molecule has 0 unspecified atom stereocenters. The molecular formula is C35H33F4NO. The Morgan fingerprint density at radius 2 is 1.51 bits per heavy atom. The third-order valence-electron chi connectivity index (χ3n) is 7.59. The van der Waals surface area contributed by atoms with E-state index in [4.69, 9.17) is 4.74 Å². The maximum atomic E-state index is 14.4. The van der Waals surface area contributed by atoms with Crippen LogP contribution in [0.15, 0.2) is 84.9 Å². The number of piperidine rings is 1. The number of likely N-dealkylation sites (tertiary alicyclic amines) is 1. The van der Waals surface area contributed by atoms with E-state index in [-0.39, 0.29) is 18.0 Å². The second-order valence-electron chi connectivity index (χ2n) is 10.5. The van der Waals surface area contributed by atoms with E-state index in [1.54, 1.807) is 18.2 Å². The summed E-state index contributed by atoms with van der Waals surface area (Å²) in [7, 11) is 0. The van der Waals surface area contributed by atoms with E-state index >= 15 is 0 Å². The molecule has 5 rings (SSSR count). The Morgan fingerprint density at radius 1 is 0.805 bits per heavy atom. The van der Waals surface area contributed by atoms with Gasteiger partial charge in [0, 0.05) is 12.1 Å². The first-order chi connectivity index (χ1) is 19.8. The van der Waals surface area contributed by atoms with Gasteiger partial charge < -0.3 is 4.74 Å². The summed E-state index contributed by atoms with van der Waals surface area (Å²) in [5.74, 6) is 0.0513. The Balaban J connectivity index is 1.52. The van der Waals surface area contributed by atoms with Crippen LogP contribution in [0.4, 0.5) is 17.6 Å². The fourth-order valence-electron chi connectivity index (χ4n) is 5.33. The molecule has 41 heavy (non-hydrogen) atoms. The summed E-state index contributed by atoms with van der Waals surface area (Å²) in [6, 6.07) is 24.4. The Bertz CT molecular complexity index is 1490. The van der Waals surface area contributed by atoms with E-state index in [0.29, 0.717) is 17.9 Å². The standard InChI is InChI=1S/C35H33F4NO/c1-25-27(11-8-12-32(25)28-9-4-2-5-10-28)15-16-29-22-34(41-24-26-13-17-31(36)18-14-26)30(21-33(29)35(37,38)39)23-40-19-6-3-7-20-40/h2,4-5,8-18,21-22H,3,6-7,19-20,23-24H2,1H3/b16-15+. The number of hydrogen-bond acceptors (Lipinski definition) is 2. The molecule has 1 fully saturated rings. The normalized spacial score (nSPS) is 14.5. The summed E-state index contributed by atoms with van der Waals surface area (Å²) in [6.45, 7) is 4.17. The van der Waals surface area contributed by atoms with Crippen LogP contribution in [-0.4, -0.2) is 18.0 Å². The number of rotatable bonds is 8. The van der Waals surface area contributed by atoms with Crippen LogP contribution in [0.5, 0.6) is 5.75 Å². The molecule has 0 N–H and O–H groups in total. The van der Waals surface area contributed by atoms with Crippen LogP contribution < -0.4 is 4.74 Å². The van der Waals surface area contributed by atoms with E-state index in [9.17, 15) is 17.6 Å². The quantitative estimate of drug-likeness (QED) is 0.157. The molecule has 1 aliphatic heterocycles. The van der Waals surface area contributed by atoms with Gasteiger partial charge in [0.15, 0.2) is 0 Å². The first kappa shape index (κ1) is 28.6. The highest BCUT2D eigenvalue weighted by molar-refractivity contribution is 5.78. The van der Waals surface area contributed by atoms with Gasteiger partial charge in [0.05, 0.1) is 5.56 Å². The van der Waals surface area contributed by atoms with Gasteiger partial charge in [-0.15, -0.1) is 0 Å². The lowest BCUT2D eigenvalue weighted by Gasteiger charge is -2.28. The number of nitrogens with zero attached hydrogens (tertiary/aromatic N) is 1. The van der Waals surface area contributed by atoms with Gasteiger partial charge in [-0.25, -0.2) is 4.39 Å². The minimum Gasteiger partial charge on any atom is -0.489 e. The third-order valence-corrected chi connectivity index (χ3v) is 7.59. The maximum absolute atomic E-state index is 14.4. The van der Waals surface area contributed by atoms with Crippen LogP contribution in [0.2, 0.25) is 0 Å². The maximum Gasteiger partial charge on any atom is 0.417 e. The van der Waals surface area contributed by atoms with Crippen molar-refractivity contribution in [1.29, 1.82) is 0 Å². The zero-order chi connectivity index (χ0) is 28.8. The highest BCUT2D eigenvalue weighted by Crippen LogP contribution is 2.38. The van der Waals surface area contributed by atoms with Crippen molar-refractivity contribution in [2.45, 2.75) is 45.5 Å². The van der Waals surface area contributed by atoms with Crippen molar-refractivity contribution in [3.8, 4) is 16.9 Å². The first-order valence-corrected chi connectivity index (χ1v) is 13.9. The van der Waals surface area contributed by atoms with Crippen LogP contribution in [0.1, 0.15) is 52.6 Å². The average Bonchev–Trinajstić information content (AvgIpc) is 2.97. The molecule has 0 amide bonds. The SMILES string of the molecule is Cc1c(/C=C/c2cc(OCc3ccc(F)cc3)c(CN3CCCCC3)cc2C(F)(F)F)cccc1-c1ccccc1. The molecule has 4 aromatic rings. The van der Waals surface area contributed by atoms with Gasteiger partial charge in [0.25, 0.3) is 0 Å². The minimum absolute atomic E-state index is 0.0403. The molecule has 0 bridgehead atoms. The van der Waals surface area contributed by atoms with Gasteiger partial charge in [-0.05, 0) is 90.5 Å². The van der Waals surface area contributed by atoms with E-state index in [1.807, 2.05) is 55.5 Å². The van der Waals surface area contributed by atoms with Crippen molar-refractivity contribution < 1.29 is 22.3 Å². The number of halogens is 4. The van der Waals surface area contributed by atoms with Crippen LogP contribution >= 0.6 is 0 Å². The Kier molecular flexibility index (Phi) is 8.89. The highest BCUT2D eigenvalue weighted by atomic mass is 19.4. The van der Waals surface area contributed by atoms with Crippen LogP contribution in [0.3, 0.4) is 0 Å². The predicted octanol–water partition coefficient (Wildman–Crippen LogP) is 9.56. The van der Waals surface area contributed by atoms with Crippen molar-refractivity contribution in [3.05, 3.63) is 124 Å². The molecule has 1 heterocycles. The molecule has 1 saturated heterocycles. The largest absolute Gasteiger partial charge is 0.489 e. The highest BCUT2D eigenvalue weighted by Gasteiger charge is 2.34. The van der Waals surface area contributed by atoms with Crippen LogP contribution in [0, 0.1) is 12.7 Å². The van der Waals surface area contributed by atoms with E-state index in [2.05, 4.69) is 4.90 Å². The summed E-state index contributed by atoms with van der Waals surface area (Å²) in [4.78, 5) is 2.18. The smallest absolute Gasteiger partial charge is 0.417 e. The number of benzene rings is 4. The van der Waals surface area contributed by atoms with E-state index in [1.165, 1.54) is 30.3 Å². The van der Waals surface area contributed by atoms with Crippen LogP contribution in [-0.2, 0) is 19.3 Å². The van der Waals surface area contributed by atoms with Gasteiger partial charge in [-0.3, -0.25) is 4.90 Å². The van der Waals surface area contributed by atoms with Gasteiger partial charge >= 0.3 is 6.18 Å². The molecule has 0 spiro atoms. The zero-order valence-corrected chi connectivity index (χ0v) is 23.1. The topological polar surface area (TPSA) is 12.5 Å². The lowest BCUT2D eigenvalue weighted by atomic mass is 9.95. The summed E-state index contributed by atoms with van der Waals surface area (Å²) in [5.41, 5.74) is 4.49. The number of alkyl halides is 3. The molecular weight excluding hydrogens is 526 g/mol. The molecule has 0 atom stereocenters. The Labute approximate surface area is 238 Å². The third kappa shape index (κ3) is 7.25. The molecule has 0 saturated carbocycles. The van der Waals surface area contributed by atoms with Gasteiger partial charge in [-0.2, -0.15) is 13.2 Å². The minimum atomic E-state index is -4.53. The van der Waals surface area contributed by atoms with Crippen molar-refractivity contribution in [2.24, 2.45) is 0 Å². The first-order valence-electron chi connectivity index (χ1n) is 13.9. The second kappa shape index (κ2) is 12.7.